The van der Waals surface area contributed by atoms with Gasteiger partial charge in [-0.3, -0.25) is 0 Å². The minimum Gasteiger partial charge on any atom is -0.398 e. The maximum Gasteiger partial charge on any atom is 0.525 e. The highest BCUT2D eigenvalue weighted by molar-refractivity contribution is 6.53. The fourth-order valence-electron chi connectivity index (χ4n) is 3.05. The molecule has 1 saturated heterocycles. The molecule has 136 valence electrons. The number of benzene rings is 1. The van der Waals surface area contributed by atoms with Gasteiger partial charge >= 0.3 is 13.3 Å². The van der Waals surface area contributed by atoms with Gasteiger partial charge in [-0.1, -0.05) is 18.2 Å². The largest absolute Gasteiger partial charge is 0.525 e. The van der Waals surface area contributed by atoms with Crippen LogP contribution in [0.3, 0.4) is 0 Å². The van der Waals surface area contributed by atoms with Gasteiger partial charge in [0, 0.05) is 0 Å². The molecule has 0 atom stereocenters. The van der Waals surface area contributed by atoms with Crippen LogP contribution in [-0.2, 0) is 15.5 Å². The fraction of sp³-hybridized carbons (Fsp3) is 0.556. The second-order valence-electron chi connectivity index (χ2n) is 7.77. The smallest absolute Gasteiger partial charge is 0.398 e. The molecule has 1 aromatic carbocycles. The van der Waals surface area contributed by atoms with Crippen molar-refractivity contribution < 1.29 is 26.9 Å². The predicted octanol–water partition coefficient (Wildman–Crippen LogP) is 5.44. The highest BCUT2D eigenvalue weighted by atomic mass is 19.4. The zero-order chi connectivity index (χ0) is 18.6. The molecule has 2 fully saturated rings. The molecule has 0 N–H and O–H groups in total. The van der Waals surface area contributed by atoms with Crippen LogP contribution in [0.15, 0.2) is 35.6 Å². The fourth-order valence-corrected chi connectivity index (χ4v) is 3.05. The van der Waals surface area contributed by atoms with Crippen LogP contribution in [0, 0.1) is 0 Å². The van der Waals surface area contributed by atoms with Crippen molar-refractivity contribution in [3.05, 3.63) is 46.7 Å². The molecule has 0 spiro atoms. The molecule has 0 unspecified atom stereocenters. The number of halogens is 4. The Labute approximate surface area is 145 Å². The summed E-state index contributed by atoms with van der Waals surface area (Å²) in [4.78, 5) is 0. The number of alkyl halides is 3. The lowest BCUT2D eigenvalue weighted by molar-refractivity contribution is -0.137. The molecule has 1 saturated carbocycles. The topological polar surface area (TPSA) is 18.5 Å². The van der Waals surface area contributed by atoms with Crippen LogP contribution in [0.5, 0.6) is 0 Å². The lowest BCUT2D eigenvalue weighted by Gasteiger charge is -2.32. The van der Waals surface area contributed by atoms with E-state index >= 15 is 0 Å². The summed E-state index contributed by atoms with van der Waals surface area (Å²) in [6, 6.07) is 5.24. The lowest BCUT2D eigenvalue weighted by atomic mass is 9.70. The summed E-state index contributed by atoms with van der Waals surface area (Å²) in [7, 11) is -1.04. The van der Waals surface area contributed by atoms with E-state index in [0.717, 1.165) is 12.1 Å². The van der Waals surface area contributed by atoms with Crippen molar-refractivity contribution in [3.63, 3.8) is 0 Å². The van der Waals surface area contributed by atoms with Crippen LogP contribution in [0.4, 0.5) is 17.6 Å². The van der Waals surface area contributed by atoms with E-state index in [-0.39, 0.29) is 5.92 Å². The van der Waals surface area contributed by atoms with Gasteiger partial charge in [-0.25, -0.2) is 4.39 Å². The Bertz CT molecular complexity index is 685. The predicted molar refractivity (Wildman–Crippen MR) is 87.6 cm³/mol. The van der Waals surface area contributed by atoms with Crippen molar-refractivity contribution >= 4 is 7.12 Å². The lowest BCUT2D eigenvalue weighted by Crippen LogP contribution is -2.41. The second-order valence-corrected chi connectivity index (χ2v) is 7.77. The minimum atomic E-state index is -4.37. The summed E-state index contributed by atoms with van der Waals surface area (Å²) in [5, 5.41) is 0. The Morgan fingerprint density at radius 3 is 2.16 bits per heavy atom. The van der Waals surface area contributed by atoms with Crippen molar-refractivity contribution in [1.82, 2.24) is 0 Å². The summed E-state index contributed by atoms with van der Waals surface area (Å²) in [5.74, 6) is -0.106. The maximum absolute atomic E-state index is 14.6. The summed E-state index contributed by atoms with van der Waals surface area (Å²) >= 11 is 0. The van der Waals surface area contributed by atoms with Gasteiger partial charge in [-0.2, -0.15) is 13.2 Å². The van der Waals surface area contributed by atoms with Gasteiger partial charge in [0.05, 0.1) is 16.8 Å². The van der Waals surface area contributed by atoms with Crippen LogP contribution in [0.1, 0.15) is 57.6 Å². The third-order valence-corrected chi connectivity index (χ3v) is 5.47. The van der Waals surface area contributed by atoms with Gasteiger partial charge in [0.2, 0.25) is 0 Å². The molecule has 1 aliphatic carbocycles. The Hall–Kier alpha value is -1.34. The molecule has 7 heteroatoms. The molecule has 3 rings (SSSR count). The summed E-state index contributed by atoms with van der Waals surface area (Å²) in [6.45, 7) is 7.38. The third-order valence-electron chi connectivity index (χ3n) is 5.47. The summed E-state index contributed by atoms with van der Waals surface area (Å²) in [5.41, 5.74) is -1.23. The Kier molecular flexibility index (Phi) is 4.31. The van der Waals surface area contributed by atoms with E-state index in [9.17, 15) is 17.6 Å². The van der Waals surface area contributed by atoms with Crippen LogP contribution in [-0.4, -0.2) is 18.3 Å². The van der Waals surface area contributed by atoms with E-state index in [2.05, 4.69) is 0 Å². The van der Waals surface area contributed by atoms with Crippen LogP contribution in [0.2, 0.25) is 0 Å². The first-order valence-corrected chi connectivity index (χ1v) is 8.31. The van der Waals surface area contributed by atoms with E-state index in [4.69, 9.17) is 9.31 Å². The highest BCUT2D eigenvalue weighted by Gasteiger charge is 2.54. The zero-order valence-electron chi connectivity index (χ0n) is 14.7. The Morgan fingerprint density at radius 1 is 1.08 bits per heavy atom. The molecule has 1 aliphatic heterocycles. The summed E-state index contributed by atoms with van der Waals surface area (Å²) < 4.78 is 64.4. The van der Waals surface area contributed by atoms with Crippen molar-refractivity contribution in [2.75, 3.05) is 0 Å². The zero-order valence-corrected chi connectivity index (χ0v) is 14.7. The molecule has 2 aliphatic rings. The van der Waals surface area contributed by atoms with E-state index in [1.165, 1.54) is 6.07 Å². The minimum absolute atomic E-state index is 0.106. The molecule has 0 aromatic heterocycles. The van der Waals surface area contributed by atoms with E-state index in [0.29, 0.717) is 24.0 Å². The summed E-state index contributed by atoms with van der Waals surface area (Å²) in [6.07, 6.45) is -3.60. The van der Waals surface area contributed by atoms with Crippen molar-refractivity contribution in [2.24, 2.45) is 0 Å². The standard InChI is InChI=1S/C18H21BF4O2/c1-16(2)17(3,4)25-19(24-16)15(20)13-8-12(9-13)11-6-5-7-14(10-11)18(21,22)23/h5-7,10,12H,8-9H2,1-4H3. The Morgan fingerprint density at radius 2 is 1.64 bits per heavy atom. The molecule has 2 nitrogen and oxygen atoms in total. The molecule has 0 radical (unpaired) electrons. The van der Waals surface area contributed by atoms with Gasteiger partial charge in [0.1, 0.15) is 5.73 Å². The molecular weight excluding hydrogens is 335 g/mol. The van der Waals surface area contributed by atoms with E-state index in [1.807, 2.05) is 27.7 Å². The average Bonchev–Trinajstić information content (AvgIpc) is 2.65. The van der Waals surface area contributed by atoms with Crippen LogP contribution < -0.4 is 0 Å². The number of allylic oxidation sites excluding steroid dienone is 1. The Balaban J connectivity index is 1.71. The molecule has 1 heterocycles. The SMILES string of the molecule is CC1(C)OB(C(F)=C2CC(c3cccc(C(F)(F)F)c3)C2)OC1(C)C. The normalized spacial score (nSPS) is 25.0. The quantitative estimate of drug-likeness (QED) is 0.519. The third kappa shape index (κ3) is 3.36. The molecule has 25 heavy (non-hydrogen) atoms. The monoisotopic (exact) mass is 356 g/mol. The van der Waals surface area contributed by atoms with Gasteiger partial charge in [-0.05, 0) is 63.7 Å². The maximum atomic E-state index is 14.6. The molecule has 1 aromatic rings. The first-order chi connectivity index (χ1) is 11.4. The number of rotatable bonds is 2. The van der Waals surface area contributed by atoms with Gasteiger partial charge < -0.3 is 9.31 Å². The van der Waals surface area contributed by atoms with Gasteiger partial charge in [-0.15, -0.1) is 0 Å². The molecule has 0 amide bonds. The van der Waals surface area contributed by atoms with Gasteiger partial charge in [0.25, 0.3) is 0 Å². The highest BCUT2D eigenvalue weighted by Crippen LogP contribution is 2.47. The molecular formula is C18H21BF4O2. The average molecular weight is 356 g/mol. The number of hydrogen-bond donors (Lipinski definition) is 0. The molecule has 0 bridgehead atoms. The van der Waals surface area contributed by atoms with E-state index in [1.54, 1.807) is 6.07 Å². The van der Waals surface area contributed by atoms with E-state index < -0.39 is 35.8 Å². The first kappa shape index (κ1) is 18.5. The second kappa shape index (κ2) is 5.84. The number of hydrogen-bond acceptors (Lipinski definition) is 2. The first-order valence-electron chi connectivity index (χ1n) is 8.31. The van der Waals surface area contributed by atoms with Gasteiger partial charge in [0.15, 0.2) is 0 Å². The van der Waals surface area contributed by atoms with Crippen LogP contribution >= 0.6 is 0 Å². The van der Waals surface area contributed by atoms with Crippen molar-refractivity contribution in [2.45, 2.75) is 63.8 Å². The van der Waals surface area contributed by atoms with Crippen molar-refractivity contribution in [1.29, 1.82) is 0 Å². The van der Waals surface area contributed by atoms with Crippen molar-refractivity contribution in [3.8, 4) is 0 Å². The van der Waals surface area contributed by atoms with Crippen LogP contribution in [0.25, 0.3) is 0 Å².